The number of benzene rings is 5. The lowest BCUT2D eigenvalue weighted by molar-refractivity contribution is -0.116. The molecule has 0 saturated carbocycles. The molecule has 2 heterocycles. The number of carbonyl (C=O) groups excluding carboxylic acids is 2. The summed E-state index contributed by atoms with van der Waals surface area (Å²) in [5, 5.41) is 28.3. The molecule has 0 aliphatic carbocycles. The van der Waals surface area contributed by atoms with Gasteiger partial charge >= 0.3 is 5.97 Å². The maximum Gasteiger partial charge on any atom is 0.335 e. The summed E-state index contributed by atoms with van der Waals surface area (Å²) in [5.74, 6) is 0.182. The summed E-state index contributed by atoms with van der Waals surface area (Å²) < 4.78 is 13.9. The third kappa shape index (κ3) is 11.2. The van der Waals surface area contributed by atoms with Crippen molar-refractivity contribution in [2.75, 3.05) is 23.3 Å². The summed E-state index contributed by atoms with van der Waals surface area (Å²) in [6, 6.07) is 34.8. The first-order valence-corrected chi connectivity index (χ1v) is 19.1. The van der Waals surface area contributed by atoms with Crippen molar-refractivity contribution < 1.29 is 29.0 Å². The molecule has 6 aromatic rings. The van der Waals surface area contributed by atoms with Crippen molar-refractivity contribution in [1.29, 1.82) is 10.8 Å². The fourth-order valence-electron chi connectivity index (χ4n) is 6.90. The van der Waals surface area contributed by atoms with E-state index in [0.717, 1.165) is 31.5 Å². The van der Waals surface area contributed by atoms with E-state index in [4.69, 9.17) is 31.0 Å². The lowest BCUT2D eigenvalue weighted by Crippen LogP contribution is -2.40. The van der Waals surface area contributed by atoms with Gasteiger partial charge in [0, 0.05) is 48.4 Å². The van der Waals surface area contributed by atoms with E-state index in [9.17, 15) is 19.5 Å². The number of fused-ring (bicyclic) bond motifs is 1. The normalized spacial score (nSPS) is 12.4. The third-order valence-corrected chi connectivity index (χ3v) is 10.1. The van der Waals surface area contributed by atoms with Gasteiger partial charge < -0.3 is 40.0 Å². The number of hydrogen-bond acceptors (Lipinski definition) is 8. The smallest absolute Gasteiger partial charge is 0.335 e. The Hall–Kier alpha value is -6.90. The maximum absolute atomic E-state index is 14.4. The van der Waals surface area contributed by atoms with Crippen LogP contribution in [0.3, 0.4) is 0 Å². The van der Waals surface area contributed by atoms with Crippen LogP contribution in [0.2, 0.25) is 0 Å². The van der Waals surface area contributed by atoms with Crippen LogP contribution >= 0.6 is 24.8 Å². The molecule has 2 amide bonds. The standard InChI is InChI=1S/C45H44N8O6.2ClH/c1-29(46)51-23-21-38(22-24-51)59-37-18-14-35(15-19-37)52(44(55)31-7-9-32(10-8-31)45(56)57)26-41-50-39-25-33(43(47)48)11-20-40(39)53(41)27-42(54)49-34-12-16-36(17-13-34)58-28-30-5-3-2-4-6-30;;/h2-20,25,38,46H,21-24,26-28H2,1H3,(H3,47,48)(H,49,54)(H,56,57);2*1H. The first-order valence-electron chi connectivity index (χ1n) is 19.1. The van der Waals surface area contributed by atoms with Crippen LogP contribution < -0.4 is 25.4 Å². The number of ether oxygens (including phenoxy) is 2. The van der Waals surface area contributed by atoms with Gasteiger partial charge in [0.25, 0.3) is 5.91 Å². The van der Waals surface area contributed by atoms with Gasteiger partial charge in [0.1, 0.15) is 42.4 Å². The second-order valence-corrected chi connectivity index (χ2v) is 14.2. The molecule has 1 aliphatic heterocycles. The molecule has 1 aromatic heterocycles. The number of amidine groups is 2. The molecule has 0 unspecified atom stereocenters. The van der Waals surface area contributed by atoms with Gasteiger partial charge in [-0.25, -0.2) is 9.78 Å². The lowest BCUT2D eigenvalue weighted by atomic mass is 10.1. The van der Waals surface area contributed by atoms with E-state index >= 15 is 0 Å². The van der Waals surface area contributed by atoms with Crippen molar-refractivity contribution >= 4 is 76.7 Å². The monoisotopic (exact) mass is 864 g/mol. The number of carboxylic acid groups (broad SMARTS) is 1. The van der Waals surface area contributed by atoms with Crippen LogP contribution in [0, 0.1) is 10.8 Å². The van der Waals surface area contributed by atoms with Gasteiger partial charge in [-0.3, -0.25) is 20.4 Å². The number of nitrogens with two attached hydrogens (primary N) is 1. The zero-order valence-electron chi connectivity index (χ0n) is 33.2. The highest BCUT2D eigenvalue weighted by Gasteiger charge is 2.25. The van der Waals surface area contributed by atoms with Gasteiger partial charge in [0.15, 0.2) is 0 Å². The second-order valence-electron chi connectivity index (χ2n) is 14.2. The molecular weight excluding hydrogens is 819 g/mol. The number of piperidine rings is 1. The third-order valence-electron chi connectivity index (χ3n) is 10.1. The van der Waals surface area contributed by atoms with E-state index in [0.29, 0.717) is 57.7 Å². The van der Waals surface area contributed by atoms with Crippen molar-refractivity contribution in [3.63, 3.8) is 0 Å². The summed E-state index contributed by atoms with van der Waals surface area (Å²) >= 11 is 0. The summed E-state index contributed by atoms with van der Waals surface area (Å²) in [6.45, 7) is 3.44. The number of hydrogen-bond donors (Lipinski definition) is 5. The van der Waals surface area contributed by atoms with Crippen molar-refractivity contribution in [2.24, 2.45) is 5.73 Å². The quantitative estimate of drug-likeness (QED) is 0.0536. The molecule has 0 spiro atoms. The number of likely N-dealkylation sites (tertiary alicyclic amines) is 1. The predicted molar refractivity (Wildman–Crippen MR) is 240 cm³/mol. The average Bonchev–Trinajstić information content (AvgIpc) is 3.58. The Balaban J connectivity index is 0.00000352. The summed E-state index contributed by atoms with van der Waals surface area (Å²) in [6.07, 6.45) is 1.54. The van der Waals surface area contributed by atoms with Crippen LogP contribution in [-0.4, -0.2) is 68.2 Å². The number of carboxylic acids is 1. The molecule has 0 atom stereocenters. The molecule has 6 N–H and O–H groups in total. The minimum absolute atomic E-state index is 0. The van der Waals surface area contributed by atoms with E-state index in [2.05, 4.69) is 5.32 Å². The number of aromatic carboxylic acids is 1. The molecule has 1 aliphatic rings. The molecule has 7 rings (SSSR count). The topological polar surface area (TPSA) is 200 Å². The first-order chi connectivity index (χ1) is 28.5. The zero-order valence-corrected chi connectivity index (χ0v) is 34.9. The van der Waals surface area contributed by atoms with E-state index in [1.807, 2.05) is 35.2 Å². The van der Waals surface area contributed by atoms with Crippen LogP contribution in [0.15, 0.2) is 121 Å². The largest absolute Gasteiger partial charge is 0.490 e. The Kier molecular flexibility index (Phi) is 15.1. The number of nitrogens with one attached hydrogen (secondary N) is 3. The fourth-order valence-corrected chi connectivity index (χ4v) is 6.90. The number of nitrogen functional groups attached to an aromatic ring is 1. The summed E-state index contributed by atoms with van der Waals surface area (Å²) in [7, 11) is 0. The number of amides is 2. The number of rotatable bonds is 14. The Bertz CT molecular complexity index is 2490. The Morgan fingerprint density at radius 2 is 1.46 bits per heavy atom. The molecule has 1 saturated heterocycles. The lowest BCUT2D eigenvalue weighted by Gasteiger charge is -2.33. The van der Waals surface area contributed by atoms with Crippen LogP contribution in [-0.2, 0) is 24.5 Å². The van der Waals surface area contributed by atoms with Gasteiger partial charge in [-0.1, -0.05) is 30.3 Å². The van der Waals surface area contributed by atoms with Crippen LogP contribution in [0.25, 0.3) is 11.0 Å². The highest BCUT2D eigenvalue weighted by Crippen LogP contribution is 2.28. The van der Waals surface area contributed by atoms with Gasteiger partial charge in [-0.2, -0.15) is 0 Å². The molecule has 14 nitrogen and oxygen atoms in total. The summed E-state index contributed by atoms with van der Waals surface area (Å²) in [5.41, 5.74) is 9.75. The van der Waals surface area contributed by atoms with Gasteiger partial charge in [0.2, 0.25) is 5.91 Å². The Morgan fingerprint density at radius 3 is 2.08 bits per heavy atom. The number of carbonyl (C=O) groups is 3. The molecule has 61 heavy (non-hydrogen) atoms. The highest BCUT2D eigenvalue weighted by molar-refractivity contribution is 6.06. The predicted octanol–water partition coefficient (Wildman–Crippen LogP) is 7.77. The Labute approximate surface area is 365 Å². The summed E-state index contributed by atoms with van der Waals surface area (Å²) in [4.78, 5) is 48.0. The van der Waals surface area contributed by atoms with Gasteiger partial charge in [-0.15, -0.1) is 24.8 Å². The minimum atomic E-state index is -1.11. The van der Waals surface area contributed by atoms with Crippen molar-refractivity contribution in [2.45, 2.75) is 45.6 Å². The number of aromatic nitrogens is 2. The van der Waals surface area contributed by atoms with E-state index in [1.165, 1.54) is 29.2 Å². The second kappa shape index (κ2) is 20.4. The Morgan fingerprint density at radius 1 is 0.836 bits per heavy atom. The molecule has 316 valence electrons. The molecule has 0 bridgehead atoms. The average molecular weight is 866 g/mol. The molecule has 16 heteroatoms. The number of nitrogens with zero attached hydrogens (tertiary/aromatic N) is 4. The van der Waals surface area contributed by atoms with Crippen LogP contribution in [0.5, 0.6) is 11.5 Å². The molecule has 0 radical (unpaired) electrons. The van der Waals surface area contributed by atoms with E-state index in [-0.39, 0.29) is 66.9 Å². The van der Waals surface area contributed by atoms with Gasteiger partial charge in [0.05, 0.1) is 29.0 Å². The zero-order chi connectivity index (χ0) is 41.5. The number of anilines is 2. The highest BCUT2D eigenvalue weighted by atomic mass is 35.5. The van der Waals surface area contributed by atoms with Crippen LogP contribution in [0.1, 0.15) is 57.4 Å². The van der Waals surface area contributed by atoms with Crippen molar-refractivity contribution in [3.05, 3.63) is 149 Å². The van der Waals surface area contributed by atoms with E-state index < -0.39 is 11.9 Å². The molecular formula is C45H46Cl2N8O6. The first kappa shape index (κ1) is 45.2. The number of halogens is 2. The maximum atomic E-state index is 14.4. The molecule has 1 fully saturated rings. The SMILES string of the molecule is CC(=N)N1CCC(Oc2ccc(N(Cc3nc4cc(C(=N)N)ccc4n3CC(=O)Nc3ccc(OCc4ccccc4)cc3)C(=O)c3ccc(C(=O)O)cc3)cc2)CC1.Cl.Cl. The minimum Gasteiger partial charge on any atom is -0.490 e. The van der Waals surface area contributed by atoms with E-state index in [1.54, 1.807) is 78.2 Å². The molecule has 5 aromatic carbocycles. The van der Waals surface area contributed by atoms with Crippen LogP contribution in [0.4, 0.5) is 11.4 Å². The fraction of sp³-hybridized carbons (Fsp3) is 0.200. The van der Waals surface area contributed by atoms with Crippen molar-refractivity contribution in [1.82, 2.24) is 14.5 Å². The van der Waals surface area contributed by atoms with Gasteiger partial charge in [-0.05, 0) is 103 Å². The van der Waals surface area contributed by atoms with Crippen molar-refractivity contribution in [3.8, 4) is 11.5 Å². The number of imidazole rings is 1.